The second-order valence-electron chi connectivity index (χ2n) is 2.45. The molecule has 0 atom stereocenters. The minimum absolute atomic E-state index is 0.254. The van der Waals surface area contributed by atoms with Crippen molar-refractivity contribution in [1.29, 1.82) is 0 Å². The average molecular weight is 200 g/mol. The van der Waals surface area contributed by atoms with Gasteiger partial charge in [0, 0.05) is 0 Å². The first-order chi connectivity index (χ1) is 6.68. The molecule has 0 aliphatic heterocycles. The maximum absolute atomic E-state index is 12.6. The smallest absolute Gasteiger partial charge is 0.255 e. The first-order valence-electron chi connectivity index (χ1n) is 3.59. The van der Waals surface area contributed by atoms with Gasteiger partial charge in [-0.3, -0.25) is 0 Å². The molecular formula is C8H3F3N2O. The molecule has 2 rings (SSSR count). The Morgan fingerprint density at radius 1 is 1.07 bits per heavy atom. The van der Waals surface area contributed by atoms with Crippen molar-refractivity contribution in [2.24, 2.45) is 0 Å². The van der Waals surface area contributed by atoms with Gasteiger partial charge in [-0.25, -0.2) is 0 Å². The van der Waals surface area contributed by atoms with Gasteiger partial charge in [-0.05, 0) is 6.07 Å². The Hall–Kier alpha value is -1.85. The van der Waals surface area contributed by atoms with Gasteiger partial charge in [0.05, 0.1) is 11.8 Å². The summed E-state index contributed by atoms with van der Waals surface area (Å²) in [6.07, 6.45) is 2.49. The van der Waals surface area contributed by atoms with E-state index in [2.05, 4.69) is 14.4 Å². The number of furan rings is 1. The molecule has 0 saturated heterocycles. The van der Waals surface area contributed by atoms with Crippen LogP contribution in [0.15, 0.2) is 23.0 Å². The molecule has 0 amide bonds. The Bertz CT molecular complexity index is 433. The van der Waals surface area contributed by atoms with Gasteiger partial charge in [0.1, 0.15) is 6.26 Å². The van der Waals surface area contributed by atoms with E-state index in [-0.39, 0.29) is 11.4 Å². The fraction of sp³-hybridized carbons (Fsp3) is 0. The molecule has 6 heteroatoms. The van der Waals surface area contributed by atoms with Crippen LogP contribution in [-0.2, 0) is 0 Å². The summed E-state index contributed by atoms with van der Waals surface area (Å²) in [5.74, 6) is -4.98. The minimum atomic E-state index is -1.68. The molecule has 0 aliphatic rings. The van der Waals surface area contributed by atoms with Gasteiger partial charge in [-0.15, -0.1) is 0 Å². The lowest BCUT2D eigenvalue weighted by Gasteiger charge is -1.97. The fourth-order valence-electron chi connectivity index (χ4n) is 0.915. The highest BCUT2D eigenvalue weighted by molar-refractivity contribution is 5.51. The number of nitrogens with zero attached hydrogens (tertiary/aromatic N) is 2. The van der Waals surface area contributed by atoms with Crippen LogP contribution in [0.4, 0.5) is 13.2 Å². The molecular weight excluding hydrogens is 197 g/mol. The molecule has 72 valence electrons. The van der Waals surface area contributed by atoms with Crippen LogP contribution in [0.25, 0.3) is 11.4 Å². The summed E-state index contributed by atoms with van der Waals surface area (Å²) in [5, 5.41) is 0. The molecule has 3 nitrogen and oxygen atoms in total. The predicted molar refractivity (Wildman–Crippen MR) is 39.6 cm³/mol. The van der Waals surface area contributed by atoms with Gasteiger partial charge in [-0.2, -0.15) is 23.1 Å². The van der Waals surface area contributed by atoms with E-state index in [1.54, 1.807) is 0 Å². The van der Waals surface area contributed by atoms with E-state index in [0.717, 1.165) is 0 Å². The Kier molecular flexibility index (Phi) is 1.95. The van der Waals surface area contributed by atoms with E-state index < -0.39 is 17.7 Å². The molecule has 0 spiro atoms. The maximum Gasteiger partial charge on any atom is 0.255 e. The van der Waals surface area contributed by atoms with Crippen LogP contribution in [0.5, 0.6) is 0 Å². The third kappa shape index (κ3) is 1.34. The zero-order valence-corrected chi connectivity index (χ0v) is 6.67. The summed E-state index contributed by atoms with van der Waals surface area (Å²) in [4.78, 5) is 6.25. The van der Waals surface area contributed by atoms with Crippen molar-refractivity contribution in [1.82, 2.24) is 9.97 Å². The zero-order valence-electron chi connectivity index (χ0n) is 6.67. The Morgan fingerprint density at radius 3 is 2.21 bits per heavy atom. The number of rotatable bonds is 1. The molecule has 0 saturated carbocycles. The zero-order chi connectivity index (χ0) is 10.1. The van der Waals surface area contributed by atoms with Gasteiger partial charge in [0.25, 0.3) is 11.9 Å². The van der Waals surface area contributed by atoms with Gasteiger partial charge < -0.3 is 4.42 Å². The molecule has 2 aromatic rings. The third-order valence-electron chi connectivity index (χ3n) is 1.55. The lowest BCUT2D eigenvalue weighted by atomic mass is 10.3. The lowest BCUT2D eigenvalue weighted by molar-refractivity contribution is 0.408. The van der Waals surface area contributed by atoms with Gasteiger partial charge in [0.2, 0.25) is 5.82 Å². The first-order valence-corrected chi connectivity index (χ1v) is 3.59. The molecule has 0 unspecified atom stereocenters. The third-order valence-corrected chi connectivity index (χ3v) is 1.55. The standard InChI is InChI=1S/C8H3F3N2O/c9-5-6(10)12-8(13-7(5)11)4-1-2-14-3-4/h1-3H. The molecule has 0 bridgehead atoms. The van der Waals surface area contributed by atoms with Gasteiger partial charge in [0.15, 0.2) is 5.82 Å². The van der Waals surface area contributed by atoms with Crippen LogP contribution >= 0.6 is 0 Å². The molecule has 0 aliphatic carbocycles. The second-order valence-corrected chi connectivity index (χ2v) is 2.45. The lowest BCUT2D eigenvalue weighted by Crippen LogP contribution is -2.01. The van der Waals surface area contributed by atoms with Crippen molar-refractivity contribution < 1.29 is 17.6 Å². The van der Waals surface area contributed by atoms with E-state index in [0.29, 0.717) is 0 Å². The van der Waals surface area contributed by atoms with E-state index in [9.17, 15) is 13.2 Å². The van der Waals surface area contributed by atoms with Crippen LogP contribution in [0.2, 0.25) is 0 Å². The number of aromatic nitrogens is 2. The van der Waals surface area contributed by atoms with E-state index in [4.69, 9.17) is 0 Å². The number of hydrogen-bond donors (Lipinski definition) is 0. The predicted octanol–water partition coefficient (Wildman–Crippen LogP) is 2.15. The summed E-state index contributed by atoms with van der Waals surface area (Å²) < 4.78 is 42.4. The Balaban J connectivity index is 2.57. The van der Waals surface area contributed by atoms with Gasteiger partial charge in [-0.1, -0.05) is 0 Å². The number of halogens is 3. The van der Waals surface area contributed by atoms with Crippen molar-refractivity contribution in [2.45, 2.75) is 0 Å². The van der Waals surface area contributed by atoms with E-state index in [1.807, 2.05) is 0 Å². The van der Waals surface area contributed by atoms with Gasteiger partial charge >= 0.3 is 0 Å². The fourth-order valence-corrected chi connectivity index (χ4v) is 0.915. The molecule has 0 fully saturated rings. The highest BCUT2D eigenvalue weighted by Crippen LogP contribution is 2.17. The molecule has 14 heavy (non-hydrogen) atoms. The monoisotopic (exact) mass is 200 g/mol. The van der Waals surface area contributed by atoms with Crippen molar-refractivity contribution >= 4 is 0 Å². The normalized spacial score (nSPS) is 10.5. The Morgan fingerprint density at radius 2 is 1.71 bits per heavy atom. The van der Waals surface area contributed by atoms with Crippen LogP contribution < -0.4 is 0 Å². The van der Waals surface area contributed by atoms with Crippen molar-refractivity contribution in [3.63, 3.8) is 0 Å². The largest absolute Gasteiger partial charge is 0.472 e. The summed E-state index contributed by atoms with van der Waals surface area (Å²) in [6.45, 7) is 0. The molecule has 0 aromatic carbocycles. The average Bonchev–Trinajstić information content (AvgIpc) is 2.66. The summed E-state index contributed by atoms with van der Waals surface area (Å²) in [7, 11) is 0. The van der Waals surface area contributed by atoms with Crippen LogP contribution in [0.1, 0.15) is 0 Å². The van der Waals surface area contributed by atoms with E-state index >= 15 is 0 Å². The Labute approximate surface area is 76.2 Å². The van der Waals surface area contributed by atoms with E-state index in [1.165, 1.54) is 18.6 Å². The highest BCUT2D eigenvalue weighted by atomic mass is 19.2. The SMILES string of the molecule is Fc1nc(-c2ccoc2)nc(F)c1F. The molecule has 0 radical (unpaired) electrons. The second kappa shape index (κ2) is 3.13. The molecule has 2 aromatic heterocycles. The first kappa shape index (κ1) is 8.74. The van der Waals surface area contributed by atoms with Crippen molar-refractivity contribution in [2.75, 3.05) is 0 Å². The number of hydrogen-bond acceptors (Lipinski definition) is 3. The van der Waals surface area contributed by atoms with Crippen LogP contribution in [0.3, 0.4) is 0 Å². The van der Waals surface area contributed by atoms with Crippen molar-refractivity contribution in [3.8, 4) is 11.4 Å². The van der Waals surface area contributed by atoms with Crippen LogP contribution in [0, 0.1) is 17.7 Å². The summed E-state index contributed by atoms with van der Waals surface area (Å²) >= 11 is 0. The molecule has 2 heterocycles. The topological polar surface area (TPSA) is 38.9 Å². The summed E-state index contributed by atoms with van der Waals surface area (Å²) in [6, 6.07) is 1.41. The maximum atomic E-state index is 12.6. The van der Waals surface area contributed by atoms with Crippen LogP contribution in [-0.4, -0.2) is 9.97 Å². The minimum Gasteiger partial charge on any atom is -0.472 e. The quantitative estimate of drug-likeness (QED) is 0.662. The highest BCUT2D eigenvalue weighted by Gasteiger charge is 2.15. The summed E-state index contributed by atoms with van der Waals surface area (Å²) in [5.41, 5.74) is 0.280. The van der Waals surface area contributed by atoms with Crippen molar-refractivity contribution in [3.05, 3.63) is 36.3 Å². The molecule has 0 N–H and O–H groups in total.